The van der Waals surface area contributed by atoms with Crippen molar-refractivity contribution < 1.29 is 9.53 Å². The number of rotatable bonds is 6. The summed E-state index contributed by atoms with van der Waals surface area (Å²) in [5.74, 6) is 0.884. The van der Waals surface area contributed by atoms with Crippen molar-refractivity contribution in [1.82, 2.24) is 10.2 Å². The number of carbonyl (C=O) groups excluding carboxylic acids is 1. The molecule has 1 aromatic carbocycles. The van der Waals surface area contributed by atoms with Crippen molar-refractivity contribution in [2.24, 2.45) is 0 Å². The van der Waals surface area contributed by atoms with Crippen LogP contribution in [-0.2, 0) is 4.79 Å². The van der Waals surface area contributed by atoms with Gasteiger partial charge in [-0.25, -0.2) is 0 Å². The van der Waals surface area contributed by atoms with E-state index >= 15 is 0 Å². The Morgan fingerprint density at radius 1 is 1.50 bits per heavy atom. The molecular formula is C13H19BrN2O2. The first-order valence-electron chi connectivity index (χ1n) is 5.83. The predicted molar refractivity (Wildman–Crippen MR) is 75.8 cm³/mol. The molecule has 100 valence electrons. The molecule has 0 aliphatic rings. The van der Waals surface area contributed by atoms with E-state index in [1.54, 1.807) is 19.0 Å². The molecule has 0 bridgehead atoms. The zero-order chi connectivity index (χ0) is 13.5. The summed E-state index contributed by atoms with van der Waals surface area (Å²) in [6.45, 7) is 3.01. The lowest BCUT2D eigenvalue weighted by molar-refractivity contribution is -0.130. The van der Waals surface area contributed by atoms with Crippen molar-refractivity contribution in [2.45, 2.75) is 13.0 Å². The maximum absolute atomic E-state index is 11.6. The average molecular weight is 315 g/mol. The molecule has 0 radical (unpaired) electrons. The molecule has 0 saturated heterocycles. The summed E-state index contributed by atoms with van der Waals surface area (Å²) in [6, 6.07) is 7.49. The second-order valence-corrected chi connectivity index (χ2v) is 5.13. The van der Waals surface area contributed by atoms with Crippen molar-refractivity contribution >= 4 is 21.8 Å². The van der Waals surface area contributed by atoms with E-state index in [0.29, 0.717) is 13.2 Å². The number of likely N-dealkylation sites (N-methyl/N-ethyl adjacent to an activating group) is 1. The van der Waals surface area contributed by atoms with Crippen LogP contribution in [-0.4, -0.2) is 44.1 Å². The Morgan fingerprint density at radius 3 is 2.83 bits per heavy atom. The summed E-state index contributed by atoms with van der Waals surface area (Å²) < 4.78 is 6.55. The number of amides is 1. The Kier molecular flexibility index (Phi) is 6.15. The summed E-state index contributed by atoms with van der Waals surface area (Å²) in [7, 11) is 3.50. The van der Waals surface area contributed by atoms with Gasteiger partial charge in [0.05, 0.1) is 6.04 Å². The molecule has 18 heavy (non-hydrogen) atoms. The minimum absolute atomic E-state index is 0.0671. The van der Waals surface area contributed by atoms with E-state index in [1.807, 2.05) is 31.2 Å². The van der Waals surface area contributed by atoms with E-state index in [9.17, 15) is 4.79 Å². The molecule has 0 aromatic heterocycles. The topological polar surface area (TPSA) is 41.6 Å². The maximum Gasteiger partial charge on any atom is 0.238 e. The van der Waals surface area contributed by atoms with E-state index in [0.717, 1.165) is 10.2 Å². The van der Waals surface area contributed by atoms with Crippen LogP contribution >= 0.6 is 15.9 Å². The Hall–Kier alpha value is -1.07. The summed E-state index contributed by atoms with van der Waals surface area (Å²) in [6.07, 6.45) is 0. The molecule has 0 aliphatic carbocycles. The minimum atomic E-state index is -0.189. The van der Waals surface area contributed by atoms with Crippen LogP contribution in [0.2, 0.25) is 0 Å². The van der Waals surface area contributed by atoms with Crippen molar-refractivity contribution in [3.63, 3.8) is 0 Å². The lowest BCUT2D eigenvalue weighted by Gasteiger charge is -2.18. The SMILES string of the molecule is CC(NCCOc1cccc(Br)c1)C(=O)N(C)C. The van der Waals surface area contributed by atoms with Gasteiger partial charge in [0.2, 0.25) is 5.91 Å². The number of halogens is 1. The van der Waals surface area contributed by atoms with E-state index in [-0.39, 0.29) is 11.9 Å². The highest BCUT2D eigenvalue weighted by atomic mass is 79.9. The van der Waals surface area contributed by atoms with Crippen LogP contribution < -0.4 is 10.1 Å². The Balaban J connectivity index is 2.25. The van der Waals surface area contributed by atoms with Gasteiger partial charge in [0, 0.05) is 25.1 Å². The van der Waals surface area contributed by atoms with Crippen LogP contribution in [0.3, 0.4) is 0 Å². The van der Waals surface area contributed by atoms with Crippen LogP contribution in [0.1, 0.15) is 6.92 Å². The Bertz CT molecular complexity index is 396. The molecule has 1 N–H and O–H groups in total. The van der Waals surface area contributed by atoms with E-state index in [4.69, 9.17) is 4.74 Å². The zero-order valence-corrected chi connectivity index (χ0v) is 12.5. The zero-order valence-electron chi connectivity index (χ0n) is 10.9. The van der Waals surface area contributed by atoms with Gasteiger partial charge in [0.15, 0.2) is 0 Å². The van der Waals surface area contributed by atoms with Gasteiger partial charge >= 0.3 is 0 Å². The fourth-order valence-corrected chi connectivity index (χ4v) is 1.85. The first-order valence-corrected chi connectivity index (χ1v) is 6.63. The van der Waals surface area contributed by atoms with Crippen molar-refractivity contribution in [2.75, 3.05) is 27.2 Å². The maximum atomic E-state index is 11.6. The number of nitrogens with one attached hydrogen (secondary N) is 1. The molecular weight excluding hydrogens is 296 g/mol. The van der Waals surface area contributed by atoms with Gasteiger partial charge < -0.3 is 15.0 Å². The van der Waals surface area contributed by atoms with E-state index in [1.165, 1.54) is 0 Å². The molecule has 1 unspecified atom stereocenters. The van der Waals surface area contributed by atoms with Gasteiger partial charge in [0.1, 0.15) is 12.4 Å². The van der Waals surface area contributed by atoms with Gasteiger partial charge in [0.25, 0.3) is 0 Å². The second kappa shape index (κ2) is 7.38. The summed E-state index contributed by atoms with van der Waals surface area (Å²) in [5, 5.41) is 3.12. The van der Waals surface area contributed by atoms with Crippen LogP contribution in [0, 0.1) is 0 Å². The van der Waals surface area contributed by atoms with Gasteiger partial charge in [-0.3, -0.25) is 4.79 Å². The van der Waals surface area contributed by atoms with Crippen molar-refractivity contribution in [3.8, 4) is 5.75 Å². The summed E-state index contributed by atoms with van der Waals surface area (Å²) in [5.41, 5.74) is 0. The number of benzene rings is 1. The summed E-state index contributed by atoms with van der Waals surface area (Å²) >= 11 is 3.38. The molecule has 0 saturated carbocycles. The molecule has 1 aromatic rings. The van der Waals surface area contributed by atoms with Gasteiger partial charge in [-0.05, 0) is 25.1 Å². The highest BCUT2D eigenvalue weighted by molar-refractivity contribution is 9.10. The highest BCUT2D eigenvalue weighted by Crippen LogP contribution is 2.17. The lowest BCUT2D eigenvalue weighted by atomic mass is 10.3. The molecule has 0 fully saturated rings. The summed E-state index contributed by atoms with van der Waals surface area (Å²) in [4.78, 5) is 13.1. The molecule has 1 atom stereocenters. The largest absolute Gasteiger partial charge is 0.492 e. The van der Waals surface area contributed by atoms with Gasteiger partial charge in [-0.2, -0.15) is 0 Å². The predicted octanol–water partition coefficient (Wildman–Crippen LogP) is 1.89. The number of carbonyl (C=O) groups is 1. The van der Waals surface area contributed by atoms with Crippen molar-refractivity contribution in [1.29, 1.82) is 0 Å². The van der Waals surface area contributed by atoms with Crippen LogP contribution in [0.4, 0.5) is 0 Å². The smallest absolute Gasteiger partial charge is 0.238 e. The number of hydrogen-bond acceptors (Lipinski definition) is 3. The quantitative estimate of drug-likeness (QED) is 0.815. The minimum Gasteiger partial charge on any atom is -0.492 e. The first-order chi connectivity index (χ1) is 8.50. The normalized spacial score (nSPS) is 12.0. The van der Waals surface area contributed by atoms with Crippen molar-refractivity contribution in [3.05, 3.63) is 28.7 Å². The van der Waals surface area contributed by atoms with Crippen LogP contribution in [0.5, 0.6) is 5.75 Å². The van der Waals surface area contributed by atoms with Crippen LogP contribution in [0.25, 0.3) is 0 Å². The van der Waals surface area contributed by atoms with Gasteiger partial charge in [-0.15, -0.1) is 0 Å². The fourth-order valence-electron chi connectivity index (χ4n) is 1.48. The molecule has 0 heterocycles. The van der Waals surface area contributed by atoms with E-state index in [2.05, 4.69) is 21.2 Å². The monoisotopic (exact) mass is 314 g/mol. The second-order valence-electron chi connectivity index (χ2n) is 4.21. The molecule has 5 heteroatoms. The van der Waals surface area contributed by atoms with Crippen LogP contribution in [0.15, 0.2) is 28.7 Å². The highest BCUT2D eigenvalue weighted by Gasteiger charge is 2.13. The molecule has 1 amide bonds. The molecule has 0 spiro atoms. The number of ether oxygens (including phenoxy) is 1. The number of hydrogen-bond donors (Lipinski definition) is 1. The first kappa shape index (κ1) is 15.0. The third-order valence-corrected chi connectivity index (χ3v) is 2.92. The lowest BCUT2D eigenvalue weighted by Crippen LogP contribution is -2.42. The average Bonchev–Trinajstić information content (AvgIpc) is 2.33. The standard InChI is InChI=1S/C13H19BrN2O2/c1-10(13(17)16(2)3)15-7-8-18-12-6-4-5-11(14)9-12/h4-6,9-10,15H,7-8H2,1-3H3. The molecule has 4 nitrogen and oxygen atoms in total. The van der Waals surface area contributed by atoms with E-state index < -0.39 is 0 Å². The fraction of sp³-hybridized carbons (Fsp3) is 0.462. The third kappa shape index (κ3) is 5.06. The molecule has 1 rings (SSSR count). The third-order valence-electron chi connectivity index (χ3n) is 2.43. The molecule has 0 aliphatic heterocycles. The number of nitrogens with zero attached hydrogens (tertiary/aromatic N) is 1. The Morgan fingerprint density at radius 2 is 2.22 bits per heavy atom. The van der Waals surface area contributed by atoms with Gasteiger partial charge in [-0.1, -0.05) is 22.0 Å². The Labute approximate surface area is 116 Å².